The number of likely N-dealkylation sites (N-methyl/N-ethyl adjacent to an activating group) is 1. The van der Waals surface area contributed by atoms with E-state index in [2.05, 4.69) is 5.32 Å². The Bertz CT molecular complexity index is 560. The SMILES string of the molecule is CCN1CCCC[C@@H]1C(=O)NCc1cc(F)ccc1C(F)(F)F. The second-order valence-corrected chi connectivity index (χ2v) is 5.66. The molecule has 0 bridgehead atoms. The van der Waals surface area contributed by atoms with E-state index >= 15 is 0 Å². The predicted molar refractivity (Wildman–Crippen MR) is 78.1 cm³/mol. The van der Waals surface area contributed by atoms with E-state index in [1.165, 1.54) is 0 Å². The number of nitrogens with zero attached hydrogens (tertiary/aromatic N) is 1. The lowest BCUT2D eigenvalue weighted by atomic mass is 10.0. The maximum Gasteiger partial charge on any atom is 0.416 e. The fourth-order valence-corrected chi connectivity index (χ4v) is 2.95. The summed E-state index contributed by atoms with van der Waals surface area (Å²) >= 11 is 0. The van der Waals surface area contributed by atoms with Crippen LogP contribution in [0.15, 0.2) is 18.2 Å². The van der Waals surface area contributed by atoms with Crippen LogP contribution in [-0.2, 0) is 17.5 Å². The molecule has 1 fully saturated rings. The van der Waals surface area contributed by atoms with Crippen molar-refractivity contribution in [1.29, 1.82) is 0 Å². The number of carbonyl (C=O) groups is 1. The van der Waals surface area contributed by atoms with Crippen molar-refractivity contribution in [1.82, 2.24) is 10.2 Å². The number of piperidine rings is 1. The Hall–Kier alpha value is -1.63. The molecule has 1 aliphatic heterocycles. The molecule has 0 radical (unpaired) electrons. The van der Waals surface area contributed by atoms with Gasteiger partial charge in [0.2, 0.25) is 5.91 Å². The van der Waals surface area contributed by atoms with Gasteiger partial charge in [0.05, 0.1) is 11.6 Å². The molecule has 0 aromatic heterocycles. The Morgan fingerprint density at radius 3 is 2.74 bits per heavy atom. The molecule has 2 rings (SSSR count). The zero-order valence-electron chi connectivity index (χ0n) is 12.9. The molecule has 1 saturated heterocycles. The minimum Gasteiger partial charge on any atom is -0.351 e. The summed E-state index contributed by atoms with van der Waals surface area (Å²) in [6.07, 6.45) is -1.95. The third-order valence-electron chi connectivity index (χ3n) is 4.15. The van der Waals surface area contributed by atoms with E-state index < -0.39 is 17.6 Å². The van der Waals surface area contributed by atoms with Gasteiger partial charge in [0.25, 0.3) is 0 Å². The maximum atomic E-state index is 13.2. The van der Waals surface area contributed by atoms with E-state index in [0.29, 0.717) is 19.0 Å². The average molecular weight is 332 g/mol. The van der Waals surface area contributed by atoms with Gasteiger partial charge in [-0.15, -0.1) is 0 Å². The summed E-state index contributed by atoms with van der Waals surface area (Å²) in [6, 6.07) is 1.97. The van der Waals surface area contributed by atoms with Crippen LogP contribution in [0.2, 0.25) is 0 Å². The van der Waals surface area contributed by atoms with Gasteiger partial charge >= 0.3 is 6.18 Å². The summed E-state index contributed by atoms with van der Waals surface area (Å²) in [5, 5.41) is 2.53. The second-order valence-electron chi connectivity index (χ2n) is 5.66. The van der Waals surface area contributed by atoms with Gasteiger partial charge in [-0.3, -0.25) is 9.69 Å². The number of nitrogens with one attached hydrogen (secondary N) is 1. The van der Waals surface area contributed by atoms with Gasteiger partial charge in [0.15, 0.2) is 0 Å². The van der Waals surface area contributed by atoms with Crippen molar-refractivity contribution < 1.29 is 22.4 Å². The highest BCUT2D eigenvalue weighted by atomic mass is 19.4. The highest BCUT2D eigenvalue weighted by molar-refractivity contribution is 5.81. The molecule has 1 N–H and O–H groups in total. The number of rotatable bonds is 4. The second kappa shape index (κ2) is 7.29. The van der Waals surface area contributed by atoms with Crippen molar-refractivity contribution in [3.05, 3.63) is 35.1 Å². The average Bonchev–Trinajstić information content (AvgIpc) is 2.51. The van der Waals surface area contributed by atoms with Crippen LogP contribution in [0, 0.1) is 5.82 Å². The molecule has 1 atom stereocenters. The lowest BCUT2D eigenvalue weighted by Gasteiger charge is -2.33. The van der Waals surface area contributed by atoms with Crippen LogP contribution in [0.3, 0.4) is 0 Å². The molecule has 1 aromatic rings. The van der Waals surface area contributed by atoms with Gasteiger partial charge in [0.1, 0.15) is 5.82 Å². The maximum absolute atomic E-state index is 13.2. The predicted octanol–water partition coefficient (Wildman–Crippen LogP) is 3.34. The molecule has 0 aliphatic carbocycles. The fraction of sp³-hybridized carbons (Fsp3) is 0.562. The van der Waals surface area contributed by atoms with Gasteiger partial charge in [-0.1, -0.05) is 13.3 Å². The standard InChI is InChI=1S/C16H20F4N2O/c1-2-22-8-4-3-5-14(22)15(23)21-10-11-9-12(17)6-7-13(11)16(18,19)20/h6-7,9,14H,2-5,8,10H2,1H3,(H,21,23)/t14-/m1/s1. The first-order valence-corrected chi connectivity index (χ1v) is 7.70. The molecule has 3 nitrogen and oxygen atoms in total. The minimum absolute atomic E-state index is 0.260. The van der Waals surface area contributed by atoms with Gasteiger partial charge in [0, 0.05) is 6.54 Å². The number of carbonyl (C=O) groups excluding carboxylic acids is 1. The van der Waals surface area contributed by atoms with Gasteiger partial charge in [-0.25, -0.2) is 4.39 Å². The van der Waals surface area contributed by atoms with Crippen LogP contribution in [-0.4, -0.2) is 29.9 Å². The molecule has 0 spiro atoms. The largest absolute Gasteiger partial charge is 0.416 e. The summed E-state index contributed by atoms with van der Waals surface area (Å²) in [5.41, 5.74) is -1.18. The van der Waals surface area contributed by atoms with Crippen molar-refractivity contribution in [3.63, 3.8) is 0 Å². The van der Waals surface area contributed by atoms with Crippen LogP contribution in [0.25, 0.3) is 0 Å². The zero-order valence-corrected chi connectivity index (χ0v) is 12.9. The quantitative estimate of drug-likeness (QED) is 0.858. The van der Waals surface area contributed by atoms with Crippen LogP contribution < -0.4 is 5.32 Å². The van der Waals surface area contributed by atoms with Crippen molar-refractivity contribution in [2.75, 3.05) is 13.1 Å². The number of amides is 1. The van der Waals surface area contributed by atoms with E-state index in [1.54, 1.807) is 0 Å². The first-order chi connectivity index (χ1) is 10.8. The number of benzene rings is 1. The summed E-state index contributed by atoms with van der Waals surface area (Å²) in [6.45, 7) is 3.13. The molecule has 1 amide bonds. The van der Waals surface area contributed by atoms with E-state index in [1.807, 2.05) is 11.8 Å². The molecule has 128 valence electrons. The molecule has 1 heterocycles. The summed E-state index contributed by atoms with van der Waals surface area (Å²) in [4.78, 5) is 14.3. The van der Waals surface area contributed by atoms with Crippen molar-refractivity contribution in [2.24, 2.45) is 0 Å². The number of likely N-dealkylation sites (tertiary alicyclic amines) is 1. The Morgan fingerprint density at radius 1 is 1.35 bits per heavy atom. The topological polar surface area (TPSA) is 32.3 Å². The Morgan fingerprint density at radius 2 is 2.09 bits per heavy atom. The lowest BCUT2D eigenvalue weighted by Crippen LogP contribution is -2.49. The van der Waals surface area contributed by atoms with Gasteiger partial charge in [-0.2, -0.15) is 13.2 Å². The Kier molecular flexibility index (Phi) is 5.62. The molecular weight excluding hydrogens is 312 g/mol. The first kappa shape index (κ1) is 17.7. The van der Waals surface area contributed by atoms with E-state index in [0.717, 1.165) is 31.5 Å². The van der Waals surface area contributed by atoms with Crippen LogP contribution in [0.1, 0.15) is 37.3 Å². The van der Waals surface area contributed by atoms with Crippen LogP contribution in [0.4, 0.5) is 17.6 Å². The molecule has 0 saturated carbocycles. The Labute approximate surface area is 132 Å². The fourth-order valence-electron chi connectivity index (χ4n) is 2.95. The third-order valence-corrected chi connectivity index (χ3v) is 4.15. The molecular formula is C16H20F4N2O. The lowest BCUT2D eigenvalue weighted by molar-refractivity contribution is -0.138. The van der Waals surface area contributed by atoms with E-state index in [4.69, 9.17) is 0 Å². The number of halogens is 4. The summed E-state index contributed by atoms with van der Waals surface area (Å²) in [5.74, 6) is -1.06. The number of alkyl halides is 3. The summed E-state index contributed by atoms with van der Waals surface area (Å²) < 4.78 is 52.0. The number of hydrogen-bond acceptors (Lipinski definition) is 2. The normalized spacial score (nSPS) is 19.6. The molecule has 23 heavy (non-hydrogen) atoms. The highest BCUT2D eigenvalue weighted by Crippen LogP contribution is 2.32. The molecule has 1 aromatic carbocycles. The van der Waals surface area contributed by atoms with Gasteiger partial charge < -0.3 is 5.32 Å². The van der Waals surface area contributed by atoms with Crippen molar-refractivity contribution in [2.45, 2.75) is 44.9 Å². The molecule has 0 unspecified atom stereocenters. The highest BCUT2D eigenvalue weighted by Gasteiger charge is 2.34. The van der Waals surface area contributed by atoms with E-state index in [9.17, 15) is 22.4 Å². The van der Waals surface area contributed by atoms with Crippen LogP contribution >= 0.6 is 0 Å². The number of hydrogen-bond donors (Lipinski definition) is 1. The summed E-state index contributed by atoms with van der Waals surface area (Å²) in [7, 11) is 0. The van der Waals surface area contributed by atoms with E-state index in [-0.39, 0.29) is 24.1 Å². The van der Waals surface area contributed by atoms with Crippen LogP contribution in [0.5, 0.6) is 0 Å². The zero-order chi connectivity index (χ0) is 17.0. The minimum atomic E-state index is -4.58. The molecule has 1 aliphatic rings. The monoisotopic (exact) mass is 332 g/mol. The Balaban J connectivity index is 2.08. The van der Waals surface area contributed by atoms with Crippen molar-refractivity contribution in [3.8, 4) is 0 Å². The first-order valence-electron chi connectivity index (χ1n) is 7.70. The third kappa shape index (κ3) is 4.43. The van der Waals surface area contributed by atoms with Gasteiger partial charge in [-0.05, 0) is 49.7 Å². The molecule has 7 heteroatoms. The smallest absolute Gasteiger partial charge is 0.351 e. The van der Waals surface area contributed by atoms with Crippen molar-refractivity contribution >= 4 is 5.91 Å².